The molecule has 7 heteroatoms. The van der Waals surface area contributed by atoms with Gasteiger partial charge in [-0.15, -0.1) is 0 Å². The van der Waals surface area contributed by atoms with E-state index in [4.69, 9.17) is 0 Å². The van der Waals surface area contributed by atoms with Crippen molar-refractivity contribution < 1.29 is 9.59 Å². The van der Waals surface area contributed by atoms with Gasteiger partial charge >= 0.3 is 6.03 Å². The molecule has 0 aromatic heterocycles. The normalized spacial score (nSPS) is 23.7. The quantitative estimate of drug-likeness (QED) is 0.742. The lowest BCUT2D eigenvalue weighted by molar-refractivity contribution is -0.139. The van der Waals surface area contributed by atoms with Crippen molar-refractivity contribution in [2.45, 2.75) is 31.7 Å². The molecule has 3 amide bonds. The number of amides is 3. The summed E-state index contributed by atoms with van der Waals surface area (Å²) in [6, 6.07) is 11.2. The first-order valence-corrected chi connectivity index (χ1v) is 11.8. The van der Waals surface area contributed by atoms with Gasteiger partial charge in [0.05, 0.1) is 0 Å². The van der Waals surface area contributed by atoms with Crippen LogP contribution in [0.25, 0.3) is 0 Å². The Morgan fingerprint density at radius 3 is 2.16 bits per heavy atom. The highest BCUT2D eigenvalue weighted by molar-refractivity contribution is 5.80. The minimum atomic E-state index is 0.0542. The standard InChI is InChI=1S/C24H37N5O2/c1-25(2)24(31)28-13-10-20(11-14-28)23(30)29-12-6-9-22(19-29)27-17-15-26(16-18-27)21-7-4-3-5-8-21/h3-5,7-8,20,22H,6,9-19H2,1-2H3/t22-/m1/s1. The van der Waals surface area contributed by atoms with Crippen LogP contribution in [0, 0.1) is 5.92 Å². The Balaban J connectivity index is 1.26. The summed E-state index contributed by atoms with van der Waals surface area (Å²) in [6.45, 7) is 7.34. The SMILES string of the molecule is CN(C)C(=O)N1CCC(C(=O)N2CCC[C@@H](N3CCN(c4ccccc4)CC3)C2)CC1. The lowest BCUT2D eigenvalue weighted by atomic mass is 9.93. The fourth-order valence-electron chi connectivity index (χ4n) is 5.30. The summed E-state index contributed by atoms with van der Waals surface area (Å²) in [5, 5.41) is 0. The van der Waals surface area contributed by atoms with Crippen LogP contribution in [0.15, 0.2) is 30.3 Å². The zero-order valence-electron chi connectivity index (χ0n) is 19.1. The number of nitrogens with zero attached hydrogens (tertiary/aromatic N) is 5. The third kappa shape index (κ3) is 5.14. The highest BCUT2D eigenvalue weighted by Crippen LogP contribution is 2.25. The predicted octanol–water partition coefficient (Wildman–Crippen LogP) is 2.19. The largest absolute Gasteiger partial charge is 0.369 e. The van der Waals surface area contributed by atoms with Gasteiger partial charge in [0, 0.05) is 84.1 Å². The topological polar surface area (TPSA) is 50.3 Å². The molecule has 0 bridgehead atoms. The van der Waals surface area contributed by atoms with Crippen molar-refractivity contribution >= 4 is 17.6 Å². The highest BCUT2D eigenvalue weighted by Gasteiger charge is 2.34. The molecule has 3 aliphatic heterocycles. The molecule has 0 saturated carbocycles. The lowest BCUT2D eigenvalue weighted by Crippen LogP contribution is -2.57. The molecule has 3 fully saturated rings. The number of carbonyl (C=O) groups excluding carboxylic acids is 2. The summed E-state index contributed by atoms with van der Waals surface area (Å²) in [4.78, 5) is 36.0. The van der Waals surface area contributed by atoms with Gasteiger partial charge in [-0.3, -0.25) is 9.69 Å². The van der Waals surface area contributed by atoms with E-state index in [0.29, 0.717) is 25.0 Å². The molecule has 0 N–H and O–H groups in total. The molecule has 0 radical (unpaired) electrons. The van der Waals surface area contributed by atoms with Gasteiger partial charge in [-0.25, -0.2) is 4.79 Å². The van der Waals surface area contributed by atoms with Crippen molar-refractivity contribution in [1.29, 1.82) is 0 Å². The molecule has 1 aromatic rings. The van der Waals surface area contributed by atoms with Gasteiger partial charge in [-0.1, -0.05) is 18.2 Å². The van der Waals surface area contributed by atoms with Crippen LogP contribution in [-0.4, -0.2) is 104 Å². The first-order valence-electron chi connectivity index (χ1n) is 11.8. The minimum Gasteiger partial charge on any atom is -0.369 e. The van der Waals surface area contributed by atoms with Gasteiger partial charge in [0.25, 0.3) is 0 Å². The number of carbonyl (C=O) groups is 2. The molecule has 4 rings (SSSR count). The van der Waals surface area contributed by atoms with E-state index in [1.165, 1.54) is 12.1 Å². The van der Waals surface area contributed by atoms with E-state index < -0.39 is 0 Å². The summed E-state index contributed by atoms with van der Waals surface area (Å²) >= 11 is 0. The second-order valence-corrected chi connectivity index (χ2v) is 9.38. The van der Waals surface area contributed by atoms with E-state index in [-0.39, 0.29) is 11.9 Å². The van der Waals surface area contributed by atoms with Gasteiger partial charge in [0.2, 0.25) is 5.91 Å². The lowest BCUT2D eigenvalue weighted by Gasteiger charge is -2.45. The fourth-order valence-corrected chi connectivity index (χ4v) is 5.30. The van der Waals surface area contributed by atoms with Crippen LogP contribution in [0.5, 0.6) is 0 Å². The molecular formula is C24H37N5O2. The first-order chi connectivity index (χ1) is 15.0. The van der Waals surface area contributed by atoms with Crippen molar-refractivity contribution in [3.05, 3.63) is 30.3 Å². The molecule has 1 atom stereocenters. The molecule has 3 aliphatic rings. The van der Waals surface area contributed by atoms with E-state index in [1.807, 2.05) is 4.90 Å². The number of rotatable bonds is 3. The van der Waals surface area contributed by atoms with Crippen LogP contribution in [0.1, 0.15) is 25.7 Å². The third-order valence-electron chi connectivity index (χ3n) is 7.16. The van der Waals surface area contributed by atoms with Gasteiger partial charge in [-0.2, -0.15) is 0 Å². The molecule has 31 heavy (non-hydrogen) atoms. The molecule has 0 spiro atoms. The van der Waals surface area contributed by atoms with Gasteiger partial charge < -0.3 is 19.6 Å². The monoisotopic (exact) mass is 427 g/mol. The number of piperidine rings is 2. The van der Waals surface area contributed by atoms with Gasteiger partial charge in [0.1, 0.15) is 0 Å². The molecule has 0 aliphatic carbocycles. The smallest absolute Gasteiger partial charge is 0.319 e. The Bertz CT molecular complexity index is 740. The Labute approximate surface area is 186 Å². The predicted molar refractivity (Wildman–Crippen MR) is 123 cm³/mol. The minimum absolute atomic E-state index is 0.0542. The average Bonchev–Trinajstić information content (AvgIpc) is 2.84. The average molecular weight is 428 g/mol. The van der Waals surface area contributed by atoms with Crippen LogP contribution in [0.2, 0.25) is 0 Å². The number of urea groups is 1. The number of piperazine rings is 1. The molecule has 3 saturated heterocycles. The van der Waals surface area contributed by atoms with Crippen molar-refractivity contribution in [1.82, 2.24) is 19.6 Å². The first kappa shape index (κ1) is 21.9. The summed E-state index contributed by atoms with van der Waals surface area (Å²) in [7, 11) is 3.57. The summed E-state index contributed by atoms with van der Waals surface area (Å²) in [5.41, 5.74) is 1.31. The second kappa shape index (κ2) is 9.90. The molecule has 0 unspecified atom stereocenters. The van der Waals surface area contributed by atoms with Crippen molar-refractivity contribution in [2.24, 2.45) is 5.92 Å². The number of hydrogen-bond donors (Lipinski definition) is 0. The van der Waals surface area contributed by atoms with Crippen LogP contribution in [0.4, 0.5) is 10.5 Å². The summed E-state index contributed by atoms with van der Waals surface area (Å²) in [6.07, 6.45) is 3.85. The molecular weight excluding hydrogens is 390 g/mol. The maximum atomic E-state index is 13.2. The van der Waals surface area contributed by atoms with E-state index in [0.717, 1.165) is 58.5 Å². The number of para-hydroxylation sites is 1. The van der Waals surface area contributed by atoms with Gasteiger partial charge in [0.15, 0.2) is 0 Å². The maximum absolute atomic E-state index is 13.2. The van der Waals surface area contributed by atoms with E-state index in [2.05, 4.69) is 45.0 Å². The summed E-state index contributed by atoms with van der Waals surface area (Å²) < 4.78 is 0. The van der Waals surface area contributed by atoms with Crippen LogP contribution >= 0.6 is 0 Å². The molecule has 3 heterocycles. The number of benzene rings is 1. The van der Waals surface area contributed by atoms with Crippen LogP contribution in [0.3, 0.4) is 0 Å². The van der Waals surface area contributed by atoms with Crippen molar-refractivity contribution in [3.8, 4) is 0 Å². The van der Waals surface area contributed by atoms with E-state index in [1.54, 1.807) is 19.0 Å². The zero-order valence-corrected chi connectivity index (χ0v) is 19.1. The molecule has 170 valence electrons. The summed E-state index contributed by atoms with van der Waals surface area (Å²) in [5.74, 6) is 0.379. The van der Waals surface area contributed by atoms with E-state index in [9.17, 15) is 9.59 Å². The number of hydrogen-bond acceptors (Lipinski definition) is 4. The van der Waals surface area contributed by atoms with E-state index >= 15 is 0 Å². The molecule has 1 aromatic carbocycles. The van der Waals surface area contributed by atoms with Gasteiger partial charge in [-0.05, 0) is 37.8 Å². The second-order valence-electron chi connectivity index (χ2n) is 9.38. The highest BCUT2D eigenvalue weighted by atomic mass is 16.2. The van der Waals surface area contributed by atoms with Crippen LogP contribution in [-0.2, 0) is 4.79 Å². The fraction of sp³-hybridized carbons (Fsp3) is 0.667. The zero-order chi connectivity index (χ0) is 21.8. The number of anilines is 1. The third-order valence-corrected chi connectivity index (χ3v) is 7.16. The van der Waals surface area contributed by atoms with Crippen molar-refractivity contribution in [3.63, 3.8) is 0 Å². The Morgan fingerprint density at radius 2 is 1.52 bits per heavy atom. The Hall–Kier alpha value is -2.28. The Morgan fingerprint density at radius 1 is 0.839 bits per heavy atom. The van der Waals surface area contributed by atoms with Crippen LogP contribution < -0.4 is 4.90 Å². The molecule has 7 nitrogen and oxygen atoms in total. The number of likely N-dealkylation sites (tertiary alicyclic amines) is 2. The van der Waals surface area contributed by atoms with Crippen molar-refractivity contribution in [2.75, 3.05) is 71.4 Å². The Kier molecular flexibility index (Phi) is 7.00. The maximum Gasteiger partial charge on any atom is 0.319 e.